The molecular weight excluding hydrogens is 214 g/mol. The highest BCUT2D eigenvalue weighted by Gasteiger charge is 2.10. The van der Waals surface area contributed by atoms with Crippen LogP contribution in [-0.4, -0.2) is 10.8 Å². The number of ketones is 1. The van der Waals surface area contributed by atoms with Crippen LogP contribution in [0.2, 0.25) is 0 Å². The maximum absolute atomic E-state index is 12.0. The Labute approximate surface area is 99.3 Å². The predicted octanol–water partition coefficient (Wildman–Crippen LogP) is 1.67. The average Bonchev–Trinajstić information content (AvgIpc) is 2.32. The number of Topliss-reactive ketones (excluding diaryl/α,β-unsaturated/α-hetero) is 1. The first-order chi connectivity index (χ1) is 8.16. The molecule has 0 aliphatic carbocycles. The molecule has 0 saturated carbocycles. The first-order valence-corrected chi connectivity index (χ1v) is 5.24. The third kappa shape index (κ3) is 2.60. The van der Waals surface area contributed by atoms with Crippen molar-refractivity contribution in [3.63, 3.8) is 0 Å². The summed E-state index contributed by atoms with van der Waals surface area (Å²) in [5.74, 6) is -0.0413. The average molecular weight is 227 g/mol. The number of hydrogen-bond acceptors (Lipinski definition) is 4. The number of pyridine rings is 1. The first-order valence-electron chi connectivity index (χ1n) is 5.24. The molecule has 0 fully saturated rings. The summed E-state index contributed by atoms with van der Waals surface area (Å²) in [6.45, 7) is 0. The van der Waals surface area contributed by atoms with Crippen LogP contribution in [0.15, 0.2) is 42.7 Å². The standard InChI is InChI=1S/C13H13N3O/c14-10-3-1-9(2-4-10)7-13(17)11-8-16-6-5-12(11)15/h1-6,8H,7,14H2,(H2,15,16). The van der Waals surface area contributed by atoms with Crippen molar-refractivity contribution in [1.82, 2.24) is 4.98 Å². The minimum absolute atomic E-state index is 0.0413. The highest BCUT2D eigenvalue weighted by atomic mass is 16.1. The molecule has 0 aliphatic heterocycles. The van der Waals surface area contributed by atoms with Crippen molar-refractivity contribution in [1.29, 1.82) is 0 Å². The van der Waals surface area contributed by atoms with E-state index in [2.05, 4.69) is 4.98 Å². The maximum atomic E-state index is 12.0. The number of carbonyl (C=O) groups is 1. The van der Waals surface area contributed by atoms with Crippen molar-refractivity contribution in [2.75, 3.05) is 11.5 Å². The van der Waals surface area contributed by atoms with Crippen molar-refractivity contribution in [3.8, 4) is 0 Å². The number of rotatable bonds is 3. The van der Waals surface area contributed by atoms with Gasteiger partial charge in [0.1, 0.15) is 0 Å². The van der Waals surface area contributed by atoms with Gasteiger partial charge in [0, 0.05) is 30.2 Å². The second-order valence-corrected chi connectivity index (χ2v) is 3.80. The van der Waals surface area contributed by atoms with E-state index in [1.165, 1.54) is 6.20 Å². The summed E-state index contributed by atoms with van der Waals surface area (Å²) >= 11 is 0. The summed E-state index contributed by atoms with van der Waals surface area (Å²) in [6, 6.07) is 8.83. The third-order valence-corrected chi connectivity index (χ3v) is 2.50. The Balaban J connectivity index is 2.17. The molecule has 0 bridgehead atoms. The topological polar surface area (TPSA) is 82.0 Å². The molecule has 17 heavy (non-hydrogen) atoms. The van der Waals surface area contributed by atoms with Crippen LogP contribution in [0.25, 0.3) is 0 Å². The summed E-state index contributed by atoms with van der Waals surface area (Å²) in [5, 5.41) is 0. The molecule has 4 heteroatoms. The third-order valence-electron chi connectivity index (χ3n) is 2.50. The number of carbonyl (C=O) groups excluding carboxylic acids is 1. The van der Waals surface area contributed by atoms with E-state index in [1.807, 2.05) is 12.1 Å². The molecule has 2 aromatic rings. The van der Waals surface area contributed by atoms with Gasteiger partial charge in [0.15, 0.2) is 5.78 Å². The molecule has 0 radical (unpaired) electrons. The summed E-state index contributed by atoms with van der Waals surface area (Å²) in [4.78, 5) is 15.9. The molecule has 86 valence electrons. The molecular formula is C13H13N3O. The second kappa shape index (κ2) is 4.65. The van der Waals surface area contributed by atoms with Crippen molar-refractivity contribution in [3.05, 3.63) is 53.9 Å². The van der Waals surface area contributed by atoms with Gasteiger partial charge in [-0.3, -0.25) is 9.78 Å². The quantitative estimate of drug-likeness (QED) is 0.617. The van der Waals surface area contributed by atoms with Gasteiger partial charge in [-0.05, 0) is 23.8 Å². The molecule has 0 atom stereocenters. The number of aromatic nitrogens is 1. The monoisotopic (exact) mass is 227 g/mol. The number of nitrogens with zero attached hydrogens (tertiary/aromatic N) is 1. The molecule has 1 heterocycles. The van der Waals surface area contributed by atoms with Gasteiger partial charge in [-0.1, -0.05) is 12.1 Å². The minimum Gasteiger partial charge on any atom is -0.399 e. The Kier molecular flexibility index (Phi) is 3.05. The molecule has 2 rings (SSSR count). The van der Waals surface area contributed by atoms with E-state index in [-0.39, 0.29) is 5.78 Å². The molecule has 0 amide bonds. The lowest BCUT2D eigenvalue weighted by Gasteiger charge is -2.04. The van der Waals surface area contributed by atoms with Gasteiger partial charge in [0.2, 0.25) is 0 Å². The smallest absolute Gasteiger partial charge is 0.170 e. The fraction of sp³-hybridized carbons (Fsp3) is 0.0769. The Morgan fingerprint density at radius 2 is 1.82 bits per heavy atom. The Bertz CT molecular complexity index is 535. The lowest BCUT2D eigenvalue weighted by molar-refractivity contribution is 0.0993. The van der Waals surface area contributed by atoms with Gasteiger partial charge in [0.05, 0.1) is 5.56 Å². The van der Waals surface area contributed by atoms with E-state index in [1.54, 1.807) is 24.4 Å². The zero-order valence-corrected chi connectivity index (χ0v) is 9.26. The predicted molar refractivity (Wildman–Crippen MR) is 67.5 cm³/mol. The maximum Gasteiger partial charge on any atom is 0.170 e. The van der Waals surface area contributed by atoms with Crippen molar-refractivity contribution in [2.24, 2.45) is 0 Å². The van der Waals surface area contributed by atoms with Gasteiger partial charge < -0.3 is 11.5 Å². The van der Waals surface area contributed by atoms with Crippen molar-refractivity contribution >= 4 is 17.2 Å². The van der Waals surface area contributed by atoms with Crippen LogP contribution >= 0.6 is 0 Å². The normalized spacial score (nSPS) is 10.1. The van der Waals surface area contributed by atoms with Gasteiger partial charge in [-0.2, -0.15) is 0 Å². The SMILES string of the molecule is Nc1ccc(CC(=O)c2cnccc2N)cc1. The van der Waals surface area contributed by atoms with Crippen LogP contribution in [-0.2, 0) is 6.42 Å². The van der Waals surface area contributed by atoms with E-state index in [4.69, 9.17) is 11.5 Å². The molecule has 0 unspecified atom stereocenters. The van der Waals surface area contributed by atoms with Crippen LogP contribution < -0.4 is 11.5 Å². The van der Waals surface area contributed by atoms with Crippen LogP contribution in [0.3, 0.4) is 0 Å². The van der Waals surface area contributed by atoms with Crippen LogP contribution in [0.4, 0.5) is 11.4 Å². The molecule has 1 aromatic carbocycles. The van der Waals surface area contributed by atoms with E-state index >= 15 is 0 Å². The Morgan fingerprint density at radius 1 is 1.12 bits per heavy atom. The van der Waals surface area contributed by atoms with Crippen molar-refractivity contribution in [2.45, 2.75) is 6.42 Å². The summed E-state index contributed by atoms with van der Waals surface area (Å²) in [6.07, 6.45) is 3.36. The van der Waals surface area contributed by atoms with Gasteiger partial charge in [0.25, 0.3) is 0 Å². The van der Waals surface area contributed by atoms with Gasteiger partial charge in [-0.25, -0.2) is 0 Å². The van der Waals surface area contributed by atoms with E-state index in [0.29, 0.717) is 23.4 Å². The van der Waals surface area contributed by atoms with E-state index in [9.17, 15) is 4.79 Å². The summed E-state index contributed by atoms with van der Waals surface area (Å²) in [7, 11) is 0. The van der Waals surface area contributed by atoms with Crippen LogP contribution in [0.1, 0.15) is 15.9 Å². The van der Waals surface area contributed by atoms with E-state index in [0.717, 1.165) is 5.56 Å². The number of benzene rings is 1. The number of hydrogen-bond donors (Lipinski definition) is 2. The fourth-order valence-corrected chi connectivity index (χ4v) is 1.55. The number of nitrogens with two attached hydrogens (primary N) is 2. The van der Waals surface area contributed by atoms with Crippen LogP contribution in [0, 0.1) is 0 Å². The second-order valence-electron chi connectivity index (χ2n) is 3.80. The summed E-state index contributed by atoms with van der Waals surface area (Å²) in [5.41, 5.74) is 13.8. The largest absolute Gasteiger partial charge is 0.399 e. The zero-order chi connectivity index (χ0) is 12.3. The highest BCUT2D eigenvalue weighted by Crippen LogP contribution is 2.13. The molecule has 0 spiro atoms. The number of anilines is 2. The first kappa shape index (κ1) is 11.1. The van der Waals surface area contributed by atoms with Crippen LogP contribution in [0.5, 0.6) is 0 Å². The highest BCUT2D eigenvalue weighted by molar-refractivity contribution is 6.01. The minimum atomic E-state index is -0.0413. The van der Waals surface area contributed by atoms with Crippen molar-refractivity contribution < 1.29 is 4.79 Å². The summed E-state index contributed by atoms with van der Waals surface area (Å²) < 4.78 is 0. The molecule has 0 aliphatic rings. The lowest BCUT2D eigenvalue weighted by atomic mass is 10.0. The van der Waals surface area contributed by atoms with E-state index < -0.39 is 0 Å². The Morgan fingerprint density at radius 3 is 2.47 bits per heavy atom. The lowest BCUT2D eigenvalue weighted by Crippen LogP contribution is -2.07. The molecule has 4 N–H and O–H groups in total. The van der Waals surface area contributed by atoms with Gasteiger partial charge in [-0.15, -0.1) is 0 Å². The number of nitrogen functional groups attached to an aromatic ring is 2. The molecule has 0 saturated heterocycles. The fourth-order valence-electron chi connectivity index (χ4n) is 1.55. The van der Waals surface area contributed by atoms with Gasteiger partial charge >= 0.3 is 0 Å². The zero-order valence-electron chi connectivity index (χ0n) is 9.26. The Hall–Kier alpha value is -2.36. The molecule has 4 nitrogen and oxygen atoms in total. The molecule has 1 aromatic heterocycles.